The molecule has 1 aliphatic carbocycles. The molecule has 8 rings (SSSR count). The molecule has 2 aromatic heterocycles. The minimum atomic E-state index is -0.0560. The number of furan rings is 1. The first-order valence-electron chi connectivity index (χ1n) is 16.8. The number of nitrogens with zero attached hydrogens (tertiary/aromatic N) is 4. The summed E-state index contributed by atoms with van der Waals surface area (Å²) in [6.45, 7) is 5.87. The Morgan fingerprint density at radius 3 is 2.24 bits per heavy atom. The molecule has 2 aliphatic rings. The van der Waals surface area contributed by atoms with Crippen LogP contribution in [-0.2, 0) is 0 Å². The van der Waals surface area contributed by atoms with E-state index in [2.05, 4.69) is 94.8 Å². The Labute approximate surface area is 296 Å². The smallest absolute Gasteiger partial charge is 0.135 e. The summed E-state index contributed by atoms with van der Waals surface area (Å²) < 4.78 is 8.42. The van der Waals surface area contributed by atoms with Crippen molar-refractivity contribution in [2.24, 2.45) is 0 Å². The van der Waals surface area contributed by atoms with Gasteiger partial charge in [-0.2, -0.15) is 10.5 Å². The second kappa shape index (κ2) is 12.8. The second-order valence-corrected chi connectivity index (χ2v) is 12.7. The lowest BCUT2D eigenvalue weighted by atomic mass is 9.82. The van der Waals surface area contributed by atoms with Crippen molar-refractivity contribution in [3.63, 3.8) is 0 Å². The molecular formula is C46H32N4O. The minimum absolute atomic E-state index is 0.0355. The Bertz CT molecular complexity index is 2650. The Hall–Kier alpha value is -7.00. The van der Waals surface area contributed by atoms with Crippen molar-refractivity contribution in [2.75, 3.05) is 4.90 Å². The predicted molar refractivity (Wildman–Crippen MR) is 207 cm³/mol. The van der Waals surface area contributed by atoms with Gasteiger partial charge in [0, 0.05) is 39.0 Å². The van der Waals surface area contributed by atoms with Crippen LogP contribution in [0.25, 0.3) is 44.5 Å². The summed E-state index contributed by atoms with van der Waals surface area (Å²) in [7, 11) is 0. The molecule has 0 N–H and O–H groups in total. The molecule has 5 heteroatoms. The predicted octanol–water partition coefficient (Wildman–Crippen LogP) is 10.8. The highest BCUT2D eigenvalue weighted by Gasteiger charge is 2.43. The summed E-state index contributed by atoms with van der Waals surface area (Å²) >= 11 is 0. The zero-order valence-electron chi connectivity index (χ0n) is 28.0. The van der Waals surface area contributed by atoms with Crippen molar-refractivity contribution in [3.8, 4) is 24.5 Å². The van der Waals surface area contributed by atoms with Crippen LogP contribution in [0.1, 0.15) is 36.1 Å². The van der Waals surface area contributed by atoms with E-state index in [1.165, 1.54) is 17.2 Å². The highest BCUT2D eigenvalue weighted by Crippen LogP contribution is 2.52. The van der Waals surface area contributed by atoms with Crippen molar-refractivity contribution in [2.45, 2.75) is 25.3 Å². The van der Waals surface area contributed by atoms with Gasteiger partial charge in [-0.1, -0.05) is 104 Å². The van der Waals surface area contributed by atoms with Gasteiger partial charge < -0.3 is 13.9 Å². The summed E-state index contributed by atoms with van der Waals surface area (Å²) in [4.78, 5) is 2.23. The van der Waals surface area contributed by atoms with Gasteiger partial charge in [-0.15, -0.1) is 6.42 Å². The quantitative estimate of drug-likeness (QED) is 0.0974. The Morgan fingerprint density at radius 2 is 1.55 bits per heavy atom. The Morgan fingerprint density at radius 1 is 0.882 bits per heavy atom. The SMILES string of the molecule is C#C/C(=C\C=C(/C)C(/C=C(/C#N)C=C)=C(CC#N)n1c2ccccc2c2ccccc21)N1c2ccccc2[C@@H]2c3c(oc4ccccc34)C=CC21. The molecule has 0 bridgehead atoms. The van der Waals surface area contributed by atoms with Gasteiger partial charge in [0.25, 0.3) is 0 Å². The first-order valence-corrected chi connectivity index (χ1v) is 16.8. The van der Waals surface area contributed by atoms with E-state index in [4.69, 9.17) is 10.8 Å². The van der Waals surface area contributed by atoms with E-state index in [0.29, 0.717) is 11.3 Å². The third-order valence-electron chi connectivity index (χ3n) is 9.97. The van der Waals surface area contributed by atoms with Crippen LogP contribution in [0.3, 0.4) is 0 Å². The third-order valence-corrected chi connectivity index (χ3v) is 9.97. The highest BCUT2D eigenvalue weighted by molar-refractivity contribution is 6.10. The first-order chi connectivity index (χ1) is 25.1. The number of benzene rings is 4. The molecule has 51 heavy (non-hydrogen) atoms. The summed E-state index contributed by atoms with van der Waals surface area (Å²) in [6, 6.07) is 37.6. The van der Waals surface area contributed by atoms with Gasteiger partial charge in [-0.05, 0) is 66.1 Å². The fourth-order valence-corrected chi connectivity index (χ4v) is 7.78. The number of aromatic nitrogens is 1. The molecule has 6 aromatic rings. The fraction of sp³-hybridized carbons (Fsp3) is 0.0870. The summed E-state index contributed by atoms with van der Waals surface area (Å²) in [5.74, 6) is 3.90. The molecule has 0 saturated heterocycles. The van der Waals surface area contributed by atoms with Crippen LogP contribution in [0, 0.1) is 35.0 Å². The number of allylic oxidation sites excluding steroid dienone is 9. The number of anilines is 1. The third kappa shape index (κ3) is 5.02. The van der Waals surface area contributed by atoms with Gasteiger partial charge in [0.05, 0.1) is 46.9 Å². The van der Waals surface area contributed by atoms with Crippen LogP contribution in [0.15, 0.2) is 161 Å². The van der Waals surface area contributed by atoms with Crippen LogP contribution in [-0.4, -0.2) is 10.6 Å². The van der Waals surface area contributed by atoms with Crippen LogP contribution < -0.4 is 4.90 Å². The van der Waals surface area contributed by atoms with Gasteiger partial charge in [0.2, 0.25) is 0 Å². The van der Waals surface area contributed by atoms with E-state index in [0.717, 1.165) is 61.1 Å². The van der Waals surface area contributed by atoms with Crippen LogP contribution >= 0.6 is 0 Å². The van der Waals surface area contributed by atoms with E-state index in [1.54, 1.807) is 0 Å². The minimum Gasteiger partial charge on any atom is -0.456 e. The van der Waals surface area contributed by atoms with Crippen molar-refractivity contribution in [1.82, 2.24) is 4.57 Å². The fourth-order valence-electron chi connectivity index (χ4n) is 7.78. The van der Waals surface area contributed by atoms with Crippen LogP contribution in [0.5, 0.6) is 0 Å². The molecule has 1 aliphatic heterocycles. The lowest BCUT2D eigenvalue weighted by Crippen LogP contribution is -2.33. The number of nitriles is 2. The molecule has 1 unspecified atom stereocenters. The molecule has 2 atom stereocenters. The lowest BCUT2D eigenvalue weighted by Gasteiger charge is -2.30. The highest BCUT2D eigenvalue weighted by atomic mass is 16.3. The van der Waals surface area contributed by atoms with Crippen LogP contribution in [0.2, 0.25) is 0 Å². The maximum Gasteiger partial charge on any atom is 0.135 e. The Balaban J connectivity index is 1.30. The van der Waals surface area contributed by atoms with Gasteiger partial charge in [0.15, 0.2) is 0 Å². The van der Waals surface area contributed by atoms with E-state index in [-0.39, 0.29) is 18.4 Å². The van der Waals surface area contributed by atoms with Gasteiger partial charge in [-0.25, -0.2) is 0 Å². The molecule has 0 saturated carbocycles. The lowest BCUT2D eigenvalue weighted by molar-refractivity contribution is 0.583. The maximum absolute atomic E-state index is 10.2. The van der Waals surface area contributed by atoms with Crippen molar-refractivity contribution in [3.05, 3.63) is 173 Å². The Kier molecular flexibility index (Phi) is 7.85. The number of rotatable bonds is 7. The monoisotopic (exact) mass is 656 g/mol. The van der Waals surface area contributed by atoms with E-state index in [9.17, 15) is 10.5 Å². The number of fused-ring (bicyclic) bond motifs is 10. The molecule has 0 radical (unpaired) electrons. The molecule has 242 valence electrons. The van der Waals surface area contributed by atoms with E-state index in [1.807, 2.05) is 73.7 Å². The van der Waals surface area contributed by atoms with Crippen molar-refractivity contribution < 1.29 is 4.42 Å². The first kappa shape index (κ1) is 31.3. The number of hydrogen-bond donors (Lipinski definition) is 0. The maximum atomic E-state index is 10.2. The average molecular weight is 657 g/mol. The van der Waals surface area contributed by atoms with Gasteiger partial charge >= 0.3 is 0 Å². The molecule has 4 aromatic carbocycles. The van der Waals surface area contributed by atoms with Gasteiger partial charge in [0.1, 0.15) is 11.3 Å². The van der Waals surface area contributed by atoms with Crippen LogP contribution in [0.4, 0.5) is 5.69 Å². The normalized spacial score (nSPS) is 17.4. The topological polar surface area (TPSA) is 68.9 Å². The summed E-state index contributed by atoms with van der Waals surface area (Å²) in [5.41, 5.74) is 9.69. The van der Waals surface area contributed by atoms with E-state index < -0.39 is 0 Å². The zero-order chi connectivity index (χ0) is 35.1. The number of hydrogen-bond acceptors (Lipinski definition) is 4. The standard InChI is InChI=1S/C46H32N4O/c1-4-31(29-48)28-37(41(26-27-47)50-38-18-10-6-14-33(38)34-15-7-11-19-39(34)50)30(3)22-23-32(5-2)49-40-20-12-8-16-35(40)45-42(49)24-25-44-46(45)36-17-9-13-21-43(36)51-44/h2,4,6-25,28,42,45H,1,26H2,3H3/b30-22+,31-28+,32-23+,41-37?/t42?,45-/m0/s1. The molecular weight excluding hydrogens is 625 g/mol. The summed E-state index contributed by atoms with van der Waals surface area (Å²) in [6.07, 6.45) is 18.0. The largest absolute Gasteiger partial charge is 0.456 e. The number of terminal acetylenes is 1. The molecule has 0 amide bonds. The second-order valence-electron chi connectivity index (χ2n) is 12.7. The molecule has 0 spiro atoms. The van der Waals surface area contributed by atoms with Gasteiger partial charge in [-0.3, -0.25) is 0 Å². The zero-order valence-corrected chi connectivity index (χ0v) is 28.0. The van der Waals surface area contributed by atoms with Crippen molar-refractivity contribution >= 4 is 50.2 Å². The molecule has 5 nitrogen and oxygen atoms in total. The van der Waals surface area contributed by atoms with E-state index >= 15 is 0 Å². The van der Waals surface area contributed by atoms with Crippen molar-refractivity contribution in [1.29, 1.82) is 10.5 Å². The number of para-hydroxylation sites is 4. The summed E-state index contributed by atoms with van der Waals surface area (Å²) in [5, 5.41) is 23.5. The molecule has 0 fully saturated rings. The molecule has 3 heterocycles. The average Bonchev–Trinajstić information content (AvgIpc) is 3.83.